The van der Waals surface area contributed by atoms with Crippen LogP contribution in [-0.2, 0) is 9.53 Å². The average molecular weight is 159 g/mol. The van der Waals surface area contributed by atoms with Crippen LogP contribution < -0.4 is 0 Å². The van der Waals surface area contributed by atoms with Crippen LogP contribution in [0.25, 0.3) is 0 Å². The maximum Gasteiger partial charge on any atom is 0.219 e. The van der Waals surface area contributed by atoms with Gasteiger partial charge in [0, 0.05) is 20.0 Å². The minimum absolute atomic E-state index is 0.0101. The number of aliphatic hydroxyl groups is 1. The number of amides is 1. The maximum absolute atomic E-state index is 10.8. The zero-order valence-electron chi connectivity index (χ0n) is 6.62. The first kappa shape index (κ1) is 8.49. The molecule has 0 spiro atoms. The van der Waals surface area contributed by atoms with Gasteiger partial charge in [0.25, 0.3) is 0 Å². The quantitative estimate of drug-likeness (QED) is 0.546. The van der Waals surface area contributed by atoms with Gasteiger partial charge in [0.15, 0.2) is 0 Å². The van der Waals surface area contributed by atoms with Gasteiger partial charge in [-0.05, 0) is 0 Å². The molecule has 0 radical (unpaired) electrons. The smallest absolute Gasteiger partial charge is 0.219 e. The van der Waals surface area contributed by atoms with E-state index in [1.54, 1.807) is 4.90 Å². The van der Waals surface area contributed by atoms with Gasteiger partial charge >= 0.3 is 0 Å². The summed E-state index contributed by atoms with van der Waals surface area (Å²) >= 11 is 0. The highest BCUT2D eigenvalue weighted by atomic mass is 16.5. The van der Waals surface area contributed by atoms with Gasteiger partial charge in [0.1, 0.15) is 0 Å². The Balaban J connectivity index is 2.39. The van der Waals surface area contributed by atoms with Crippen molar-refractivity contribution in [3.8, 4) is 0 Å². The monoisotopic (exact) mass is 159 g/mol. The summed E-state index contributed by atoms with van der Waals surface area (Å²) in [5.74, 6) is 0.0479. The molecule has 1 heterocycles. The highest BCUT2D eigenvalue weighted by Crippen LogP contribution is 2.03. The van der Waals surface area contributed by atoms with E-state index in [0.717, 1.165) is 0 Å². The van der Waals surface area contributed by atoms with Gasteiger partial charge in [0.05, 0.1) is 19.3 Å². The minimum Gasteiger partial charge on any atom is -0.394 e. The molecule has 0 aromatic heterocycles. The summed E-state index contributed by atoms with van der Waals surface area (Å²) in [6.07, 6.45) is -0.187. The normalized spacial score (nSPS) is 25.3. The third-order valence-electron chi connectivity index (χ3n) is 1.79. The number of hydrogen-bond acceptors (Lipinski definition) is 3. The van der Waals surface area contributed by atoms with E-state index in [9.17, 15) is 4.79 Å². The largest absolute Gasteiger partial charge is 0.394 e. The second-order valence-electron chi connectivity index (χ2n) is 2.64. The SMILES string of the molecule is CC(=O)N1CCO[C@@H](CO)C1. The van der Waals surface area contributed by atoms with Crippen molar-refractivity contribution >= 4 is 5.91 Å². The zero-order valence-corrected chi connectivity index (χ0v) is 6.62. The van der Waals surface area contributed by atoms with Gasteiger partial charge in [-0.15, -0.1) is 0 Å². The summed E-state index contributed by atoms with van der Waals surface area (Å²) in [4.78, 5) is 12.5. The molecule has 1 atom stereocenters. The fourth-order valence-corrected chi connectivity index (χ4v) is 1.12. The molecule has 0 bridgehead atoms. The van der Waals surface area contributed by atoms with E-state index in [-0.39, 0.29) is 18.6 Å². The first-order valence-electron chi connectivity index (χ1n) is 3.72. The summed E-state index contributed by atoms with van der Waals surface area (Å²) < 4.78 is 5.16. The van der Waals surface area contributed by atoms with Gasteiger partial charge in [-0.1, -0.05) is 0 Å². The van der Waals surface area contributed by atoms with Crippen LogP contribution in [0.4, 0.5) is 0 Å². The molecule has 0 aliphatic carbocycles. The van der Waals surface area contributed by atoms with E-state index in [1.807, 2.05) is 0 Å². The van der Waals surface area contributed by atoms with Crippen LogP contribution >= 0.6 is 0 Å². The highest BCUT2D eigenvalue weighted by molar-refractivity contribution is 5.73. The number of aliphatic hydroxyl groups excluding tert-OH is 1. The molecule has 1 rings (SSSR count). The number of ether oxygens (including phenoxy) is 1. The standard InChI is InChI=1S/C7H13NO3/c1-6(10)8-2-3-11-7(4-8)5-9/h7,9H,2-5H2,1H3/t7-/m1/s1. The maximum atomic E-state index is 10.8. The van der Waals surface area contributed by atoms with Crippen molar-refractivity contribution in [3.63, 3.8) is 0 Å². The molecule has 1 aliphatic heterocycles. The van der Waals surface area contributed by atoms with E-state index in [1.165, 1.54) is 6.92 Å². The third-order valence-corrected chi connectivity index (χ3v) is 1.79. The fraction of sp³-hybridized carbons (Fsp3) is 0.857. The van der Waals surface area contributed by atoms with Crippen molar-refractivity contribution < 1.29 is 14.6 Å². The lowest BCUT2D eigenvalue weighted by molar-refractivity contribution is -0.137. The van der Waals surface area contributed by atoms with Gasteiger partial charge in [-0.25, -0.2) is 0 Å². The van der Waals surface area contributed by atoms with E-state index >= 15 is 0 Å². The van der Waals surface area contributed by atoms with Crippen molar-refractivity contribution in [2.45, 2.75) is 13.0 Å². The molecule has 1 amide bonds. The number of nitrogens with zero attached hydrogens (tertiary/aromatic N) is 1. The Kier molecular flexibility index (Phi) is 2.84. The zero-order chi connectivity index (χ0) is 8.27. The Morgan fingerprint density at radius 3 is 3.09 bits per heavy atom. The lowest BCUT2D eigenvalue weighted by atomic mass is 10.3. The first-order valence-corrected chi connectivity index (χ1v) is 3.72. The molecular weight excluding hydrogens is 146 g/mol. The van der Waals surface area contributed by atoms with Crippen LogP contribution in [0.5, 0.6) is 0 Å². The van der Waals surface area contributed by atoms with E-state index < -0.39 is 0 Å². The number of carbonyl (C=O) groups is 1. The summed E-state index contributed by atoms with van der Waals surface area (Å²) in [6, 6.07) is 0. The lowest BCUT2D eigenvalue weighted by Crippen LogP contribution is -2.46. The van der Waals surface area contributed by atoms with E-state index in [0.29, 0.717) is 19.7 Å². The molecule has 64 valence electrons. The number of morpholine rings is 1. The molecule has 4 nitrogen and oxygen atoms in total. The molecule has 11 heavy (non-hydrogen) atoms. The second kappa shape index (κ2) is 3.69. The Morgan fingerprint density at radius 2 is 2.55 bits per heavy atom. The lowest BCUT2D eigenvalue weighted by Gasteiger charge is -2.31. The van der Waals surface area contributed by atoms with Crippen molar-refractivity contribution in [2.24, 2.45) is 0 Å². The van der Waals surface area contributed by atoms with Crippen molar-refractivity contribution in [1.29, 1.82) is 0 Å². The van der Waals surface area contributed by atoms with Crippen LogP contribution in [-0.4, -0.2) is 48.3 Å². The van der Waals surface area contributed by atoms with Gasteiger partial charge < -0.3 is 14.7 Å². The molecule has 0 unspecified atom stereocenters. The van der Waals surface area contributed by atoms with E-state index in [4.69, 9.17) is 9.84 Å². The molecule has 4 heteroatoms. The van der Waals surface area contributed by atoms with Crippen LogP contribution in [0.15, 0.2) is 0 Å². The Bertz CT molecular complexity index is 149. The van der Waals surface area contributed by atoms with Crippen molar-refractivity contribution in [1.82, 2.24) is 4.90 Å². The average Bonchev–Trinajstić information content (AvgIpc) is 2.05. The highest BCUT2D eigenvalue weighted by Gasteiger charge is 2.20. The number of carbonyl (C=O) groups excluding carboxylic acids is 1. The number of hydrogen-bond donors (Lipinski definition) is 1. The van der Waals surface area contributed by atoms with Crippen LogP contribution in [0.2, 0.25) is 0 Å². The van der Waals surface area contributed by atoms with Gasteiger partial charge in [-0.2, -0.15) is 0 Å². The van der Waals surface area contributed by atoms with Gasteiger partial charge in [0.2, 0.25) is 5.91 Å². The van der Waals surface area contributed by atoms with Gasteiger partial charge in [-0.3, -0.25) is 4.79 Å². The molecule has 0 aromatic carbocycles. The second-order valence-corrected chi connectivity index (χ2v) is 2.64. The van der Waals surface area contributed by atoms with Crippen LogP contribution in [0, 0.1) is 0 Å². The van der Waals surface area contributed by atoms with Crippen molar-refractivity contribution in [2.75, 3.05) is 26.3 Å². The van der Waals surface area contributed by atoms with Crippen LogP contribution in [0.3, 0.4) is 0 Å². The minimum atomic E-state index is -0.187. The summed E-state index contributed by atoms with van der Waals surface area (Å²) in [7, 11) is 0. The van der Waals surface area contributed by atoms with E-state index in [2.05, 4.69) is 0 Å². The molecule has 1 fully saturated rings. The Labute approximate surface area is 65.8 Å². The molecule has 0 aromatic rings. The van der Waals surface area contributed by atoms with Crippen molar-refractivity contribution in [3.05, 3.63) is 0 Å². The fourth-order valence-electron chi connectivity index (χ4n) is 1.12. The summed E-state index contributed by atoms with van der Waals surface area (Å²) in [5.41, 5.74) is 0. The molecule has 1 aliphatic rings. The summed E-state index contributed by atoms with van der Waals surface area (Å²) in [6.45, 7) is 3.21. The molecule has 0 saturated carbocycles. The third kappa shape index (κ3) is 2.17. The predicted octanol–water partition coefficient (Wildman–Crippen LogP) is -0.774. The Morgan fingerprint density at radius 1 is 1.82 bits per heavy atom. The molecule has 1 N–H and O–H groups in total. The molecular formula is C7H13NO3. The summed E-state index contributed by atoms with van der Waals surface area (Å²) in [5, 5.41) is 8.73. The molecule has 1 saturated heterocycles. The topological polar surface area (TPSA) is 49.8 Å². The predicted molar refractivity (Wildman–Crippen MR) is 39.1 cm³/mol. The van der Waals surface area contributed by atoms with Crippen LogP contribution in [0.1, 0.15) is 6.92 Å². The first-order chi connectivity index (χ1) is 5.24. The Hall–Kier alpha value is -0.610. The number of rotatable bonds is 1.